The average molecular weight is 176 g/mol. The molecule has 8 nitrogen and oxygen atoms in total. The number of hydrogen-bond acceptors (Lipinski definition) is 6. The van der Waals surface area contributed by atoms with Crippen molar-refractivity contribution in [2.24, 2.45) is 22.5 Å². The standard InChI is InChI=1S/C4H12N6O2/c5-3(11-7)9-1-2-10-4(6)12-8/h1-2,7-8H2,(H2,5,9)(H2,6,10). The lowest BCUT2D eigenvalue weighted by atomic mass is 10.6. The first kappa shape index (κ1) is 10.5. The van der Waals surface area contributed by atoms with Crippen LogP contribution in [0.3, 0.4) is 0 Å². The first-order valence-electron chi connectivity index (χ1n) is 3.06. The van der Waals surface area contributed by atoms with Crippen molar-refractivity contribution in [3.05, 3.63) is 0 Å². The smallest absolute Gasteiger partial charge is 0.301 e. The van der Waals surface area contributed by atoms with E-state index in [-0.39, 0.29) is 12.0 Å². The molecule has 0 radical (unpaired) electrons. The van der Waals surface area contributed by atoms with Crippen LogP contribution in [0, 0.1) is 5.41 Å². The number of nitrogens with two attached hydrogens (primary N) is 3. The van der Waals surface area contributed by atoms with Gasteiger partial charge in [-0.1, -0.05) is 0 Å². The molecule has 0 aliphatic rings. The maximum atomic E-state index is 6.87. The fourth-order valence-corrected chi connectivity index (χ4v) is 0.414. The summed E-state index contributed by atoms with van der Waals surface area (Å²) in [4.78, 5) is 11.7. The zero-order valence-electron chi connectivity index (χ0n) is 6.41. The van der Waals surface area contributed by atoms with Crippen LogP contribution in [0.1, 0.15) is 0 Å². The van der Waals surface area contributed by atoms with Gasteiger partial charge in [0.15, 0.2) is 0 Å². The molecule has 0 unspecified atom stereocenters. The summed E-state index contributed by atoms with van der Waals surface area (Å²) < 4.78 is 0. The molecule has 0 amide bonds. The summed E-state index contributed by atoms with van der Waals surface area (Å²) in [5, 5.41) is 9.36. The molecule has 12 heavy (non-hydrogen) atoms. The van der Waals surface area contributed by atoms with Crippen molar-refractivity contribution in [2.45, 2.75) is 0 Å². The van der Waals surface area contributed by atoms with Crippen molar-refractivity contribution in [1.29, 1.82) is 5.41 Å². The Kier molecular flexibility index (Phi) is 5.39. The molecular weight excluding hydrogens is 164 g/mol. The lowest BCUT2D eigenvalue weighted by Crippen LogP contribution is -2.30. The zero-order chi connectivity index (χ0) is 9.40. The van der Waals surface area contributed by atoms with Crippen LogP contribution in [0.2, 0.25) is 0 Å². The fraction of sp³-hybridized carbons (Fsp3) is 0.500. The molecule has 0 rings (SSSR count). The van der Waals surface area contributed by atoms with Gasteiger partial charge < -0.3 is 20.7 Å². The van der Waals surface area contributed by atoms with Gasteiger partial charge in [0.25, 0.3) is 0 Å². The van der Waals surface area contributed by atoms with E-state index in [1.54, 1.807) is 0 Å². The van der Waals surface area contributed by atoms with E-state index in [9.17, 15) is 0 Å². The Morgan fingerprint density at radius 3 is 2.58 bits per heavy atom. The average Bonchev–Trinajstić information content (AvgIpc) is 2.11. The van der Waals surface area contributed by atoms with Gasteiger partial charge in [0.05, 0.1) is 6.54 Å². The Bertz CT molecular complexity index is 169. The number of aliphatic imine (C=N–C) groups is 1. The summed E-state index contributed by atoms with van der Waals surface area (Å²) in [6.45, 7) is 0.675. The number of rotatable bonds is 3. The molecule has 0 aromatic heterocycles. The second-order valence-corrected chi connectivity index (χ2v) is 1.71. The Labute approximate surface area is 69.1 Å². The summed E-state index contributed by atoms with van der Waals surface area (Å²) in [6, 6.07) is -0.352. The summed E-state index contributed by atoms with van der Waals surface area (Å²) in [5.74, 6) is 9.33. The van der Waals surface area contributed by atoms with Crippen LogP contribution in [-0.4, -0.2) is 25.1 Å². The van der Waals surface area contributed by atoms with E-state index in [0.29, 0.717) is 13.1 Å². The molecule has 0 saturated heterocycles. The molecule has 70 valence electrons. The molecule has 0 atom stereocenters. The summed E-state index contributed by atoms with van der Waals surface area (Å²) in [7, 11) is 0. The monoisotopic (exact) mass is 176 g/mol. The minimum atomic E-state index is -0.238. The van der Waals surface area contributed by atoms with Gasteiger partial charge >= 0.3 is 12.0 Å². The molecule has 8 N–H and O–H groups in total. The highest BCUT2D eigenvalue weighted by Crippen LogP contribution is 1.71. The highest BCUT2D eigenvalue weighted by Gasteiger charge is 1.92. The van der Waals surface area contributed by atoms with Gasteiger partial charge in [0, 0.05) is 6.54 Å². The van der Waals surface area contributed by atoms with Crippen molar-refractivity contribution >= 4 is 12.0 Å². The summed E-state index contributed by atoms with van der Waals surface area (Å²) in [5.41, 5.74) is 5.09. The third-order valence-corrected chi connectivity index (χ3v) is 0.904. The molecule has 0 aromatic rings. The highest BCUT2D eigenvalue weighted by molar-refractivity contribution is 5.71. The van der Waals surface area contributed by atoms with Gasteiger partial charge in [0.1, 0.15) is 0 Å². The van der Waals surface area contributed by atoms with Gasteiger partial charge in [-0.3, -0.25) is 5.41 Å². The maximum absolute atomic E-state index is 6.87. The second-order valence-electron chi connectivity index (χ2n) is 1.71. The molecule has 0 aliphatic heterocycles. The normalized spacial score (nSPS) is 10.7. The quantitative estimate of drug-likeness (QED) is 0.140. The van der Waals surface area contributed by atoms with Crippen molar-refractivity contribution in [2.75, 3.05) is 13.1 Å². The molecule has 0 bridgehead atoms. The van der Waals surface area contributed by atoms with Crippen molar-refractivity contribution < 1.29 is 9.68 Å². The Morgan fingerprint density at radius 1 is 1.42 bits per heavy atom. The molecule has 0 saturated carbocycles. The third kappa shape index (κ3) is 5.26. The van der Waals surface area contributed by atoms with Crippen molar-refractivity contribution in [3.63, 3.8) is 0 Å². The van der Waals surface area contributed by atoms with Crippen LogP contribution in [-0.2, 0) is 9.68 Å². The van der Waals surface area contributed by atoms with Crippen molar-refractivity contribution in [1.82, 2.24) is 5.32 Å². The van der Waals surface area contributed by atoms with E-state index in [4.69, 9.17) is 11.1 Å². The molecule has 0 heterocycles. The largest absolute Gasteiger partial charge is 0.374 e. The van der Waals surface area contributed by atoms with Gasteiger partial charge in [-0.25, -0.2) is 4.99 Å². The molecule has 8 heteroatoms. The minimum Gasteiger partial charge on any atom is -0.374 e. The van der Waals surface area contributed by atoms with Crippen LogP contribution in [0.5, 0.6) is 0 Å². The lowest BCUT2D eigenvalue weighted by molar-refractivity contribution is 0.299. The van der Waals surface area contributed by atoms with E-state index in [1.807, 2.05) is 0 Å². The second kappa shape index (κ2) is 6.19. The van der Waals surface area contributed by atoms with Gasteiger partial charge in [-0.2, -0.15) is 11.8 Å². The van der Waals surface area contributed by atoms with Crippen LogP contribution < -0.4 is 22.8 Å². The van der Waals surface area contributed by atoms with Gasteiger partial charge in [0.2, 0.25) is 0 Å². The lowest BCUT2D eigenvalue weighted by Gasteiger charge is -2.02. The zero-order valence-corrected chi connectivity index (χ0v) is 6.41. The predicted molar refractivity (Wildman–Crippen MR) is 42.8 cm³/mol. The minimum absolute atomic E-state index is 0.114. The van der Waals surface area contributed by atoms with E-state index >= 15 is 0 Å². The molecule has 0 aromatic carbocycles. The van der Waals surface area contributed by atoms with Crippen LogP contribution in [0.15, 0.2) is 4.99 Å². The predicted octanol–water partition coefficient (Wildman–Crippen LogP) is -2.39. The van der Waals surface area contributed by atoms with Gasteiger partial charge in [-0.05, 0) is 0 Å². The number of nitrogens with zero attached hydrogens (tertiary/aromatic N) is 1. The number of hydrogen-bond donors (Lipinski definition) is 5. The Balaban J connectivity index is 3.38. The summed E-state index contributed by atoms with van der Waals surface area (Å²) in [6.07, 6.45) is 0. The Morgan fingerprint density at radius 2 is 2.08 bits per heavy atom. The molecule has 0 fully saturated rings. The number of amidine groups is 2. The fourth-order valence-electron chi connectivity index (χ4n) is 0.414. The van der Waals surface area contributed by atoms with Gasteiger partial charge in [-0.15, -0.1) is 0 Å². The van der Waals surface area contributed by atoms with E-state index in [2.05, 4.69) is 31.8 Å². The first-order chi connectivity index (χ1) is 5.70. The summed E-state index contributed by atoms with van der Waals surface area (Å²) >= 11 is 0. The van der Waals surface area contributed by atoms with E-state index in [0.717, 1.165) is 0 Å². The molecule has 0 spiro atoms. The maximum Gasteiger partial charge on any atom is 0.301 e. The van der Waals surface area contributed by atoms with Crippen LogP contribution in [0.25, 0.3) is 0 Å². The molecular formula is C4H12N6O2. The topological polar surface area (TPSA) is 145 Å². The highest BCUT2D eigenvalue weighted by atomic mass is 16.6. The SMILES string of the molecule is N=C(NCCN=C(N)ON)ON. The number of nitrogens with one attached hydrogen (secondary N) is 2. The van der Waals surface area contributed by atoms with E-state index in [1.165, 1.54) is 0 Å². The van der Waals surface area contributed by atoms with E-state index < -0.39 is 0 Å². The first-order valence-corrected chi connectivity index (χ1v) is 3.06. The van der Waals surface area contributed by atoms with Crippen LogP contribution in [0.4, 0.5) is 0 Å². The third-order valence-electron chi connectivity index (χ3n) is 0.904. The van der Waals surface area contributed by atoms with Crippen LogP contribution >= 0.6 is 0 Å². The molecule has 0 aliphatic carbocycles. The van der Waals surface area contributed by atoms with Crippen molar-refractivity contribution in [3.8, 4) is 0 Å². The Hall–Kier alpha value is -1.54.